The van der Waals surface area contributed by atoms with Gasteiger partial charge in [-0.1, -0.05) is 44.2 Å². The summed E-state index contributed by atoms with van der Waals surface area (Å²) in [6, 6.07) is 14.5. The fraction of sp³-hybridized carbons (Fsp3) is 0.368. The number of aliphatic hydroxyl groups excluding tert-OH is 1. The van der Waals surface area contributed by atoms with Crippen LogP contribution in [0.25, 0.3) is 0 Å². The minimum absolute atomic E-state index is 0.0303. The molecule has 0 fully saturated rings. The maximum absolute atomic E-state index is 10.7. The number of ether oxygens (including phenoxy) is 1. The lowest BCUT2D eigenvalue weighted by Crippen LogP contribution is -2.24. The molecule has 0 bridgehead atoms. The quantitative estimate of drug-likeness (QED) is 0.908. The molecule has 2 heteroatoms. The van der Waals surface area contributed by atoms with Gasteiger partial charge in [-0.2, -0.15) is 0 Å². The van der Waals surface area contributed by atoms with Gasteiger partial charge in [-0.15, -0.1) is 0 Å². The van der Waals surface area contributed by atoms with Gasteiger partial charge in [0.05, 0.1) is 12.7 Å². The van der Waals surface area contributed by atoms with E-state index < -0.39 is 6.10 Å². The summed E-state index contributed by atoms with van der Waals surface area (Å²) in [6.07, 6.45) is 0.538. The average Bonchev–Trinajstić information content (AvgIpc) is 2.75. The predicted octanol–water partition coefficient (Wildman–Crippen LogP) is 3.73. The molecule has 1 N–H and O–H groups in total. The topological polar surface area (TPSA) is 29.5 Å². The summed E-state index contributed by atoms with van der Waals surface area (Å²) in [4.78, 5) is 0. The summed E-state index contributed by atoms with van der Waals surface area (Å²) in [5.41, 5.74) is 4.91. The molecule has 4 rings (SSSR count). The van der Waals surface area contributed by atoms with Crippen LogP contribution in [-0.4, -0.2) is 11.7 Å². The first-order valence-electron chi connectivity index (χ1n) is 7.59. The molecule has 21 heavy (non-hydrogen) atoms. The molecule has 0 saturated carbocycles. The molecule has 0 spiro atoms. The van der Waals surface area contributed by atoms with Crippen molar-refractivity contribution in [2.45, 2.75) is 37.7 Å². The van der Waals surface area contributed by atoms with E-state index in [-0.39, 0.29) is 11.3 Å². The lowest BCUT2D eigenvalue weighted by Gasteiger charge is -2.34. The van der Waals surface area contributed by atoms with Crippen molar-refractivity contribution in [2.75, 3.05) is 6.61 Å². The van der Waals surface area contributed by atoms with E-state index in [0.717, 1.165) is 17.7 Å². The van der Waals surface area contributed by atoms with Crippen LogP contribution in [0.1, 0.15) is 48.1 Å². The van der Waals surface area contributed by atoms with Gasteiger partial charge < -0.3 is 9.84 Å². The third kappa shape index (κ3) is 1.90. The zero-order valence-corrected chi connectivity index (χ0v) is 12.5. The largest absolute Gasteiger partial charge is 0.492 e. The zero-order valence-electron chi connectivity index (χ0n) is 12.5. The predicted molar refractivity (Wildman–Crippen MR) is 82.8 cm³/mol. The van der Waals surface area contributed by atoms with Crippen molar-refractivity contribution in [3.63, 3.8) is 0 Å². The average molecular weight is 280 g/mol. The third-order valence-corrected chi connectivity index (χ3v) is 4.94. The molecule has 0 aromatic heterocycles. The molecular formula is C19H20O2. The fourth-order valence-electron chi connectivity index (χ4n) is 3.53. The van der Waals surface area contributed by atoms with E-state index in [1.807, 2.05) is 12.1 Å². The van der Waals surface area contributed by atoms with E-state index in [0.29, 0.717) is 6.61 Å². The molecule has 1 heterocycles. The van der Waals surface area contributed by atoms with Crippen LogP contribution in [0.4, 0.5) is 0 Å². The summed E-state index contributed by atoms with van der Waals surface area (Å²) >= 11 is 0. The molecule has 2 aromatic carbocycles. The number of hydrogen-bond acceptors (Lipinski definition) is 2. The van der Waals surface area contributed by atoms with Crippen molar-refractivity contribution in [3.8, 4) is 5.75 Å². The smallest absolute Gasteiger partial charge is 0.123 e. The molecule has 0 saturated heterocycles. The Morgan fingerprint density at radius 1 is 1.19 bits per heavy atom. The SMILES string of the molecule is CC1(C)COc2ccc(C(O)C3Cc4ccccc43)cc21. The first-order valence-corrected chi connectivity index (χ1v) is 7.59. The lowest BCUT2D eigenvalue weighted by molar-refractivity contribution is 0.134. The van der Waals surface area contributed by atoms with Crippen LogP contribution in [-0.2, 0) is 11.8 Å². The van der Waals surface area contributed by atoms with Crippen molar-refractivity contribution in [3.05, 3.63) is 64.7 Å². The fourth-order valence-corrected chi connectivity index (χ4v) is 3.53. The van der Waals surface area contributed by atoms with Gasteiger partial charge in [-0.3, -0.25) is 0 Å². The van der Waals surface area contributed by atoms with Crippen LogP contribution in [0, 0.1) is 0 Å². The monoisotopic (exact) mass is 280 g/mol. The first kappa shape index (κ1) is 12.9. The van der Waals surface area contributed by atoms with Crippen molar-refractivity contribution >= 4 is 0 Å². The Balaban J connectivity index is 1.67. The minimum Gasteiger partial charge on any atom is -0.492 e. The standard InChI is InChI=1S/C19H20O2/c1-19(2)11-21-17-8-7-13(10-16(17)19)18(20)15-9-12-5-3-4-6-14(12)15/h3-8,10,15,18,20H,9,11H2,1-2H3. The Morgan fingerprint density at radius 3 is 2.81 bits per heavy atom. The molecule has 2 aliphatic rings. The van der Waals surface area contributed by atoms with Gasteiger partial charge in [0.15, 0.2) is 0 Å². The highest BCUT2D eigenvalue weighted by Gasteiger charge is 2.35. The molecule has 2 unspecified atom stereocenters. The van der Waals surface area contributed by atoms with E-state index in [1.165, 1.54) is 16.7 Å². The van der Waals surface area contributed by atoms with Gasteiger partial charge in [0.25, 0.3) is 0 Å². The van der Waals surface area contributed by atoms with E-state index in [9.17, 15) is 5.11 Å². The first-order chi connectivity index (χ1) is 10.1. The van der Waals surface area contributed by atoms with Crippen LogP contribution in [0.2, 0.25) is 0 Å². The van der Waals surface area contributed by atoms with Gasteiger partial charge in [-0.25, -0.2) is 0 Å². The Labute approximate surface area is 125 Å². The highest BCUT2D eigenvalue weighted by Crippen LogP contribution is 2.45. The number of fused-ring (bicyclic) bond motifs is 2. The lowest BCUT2D eigenvalue weighted by atomic mass is 9.72. The number of benzene rings is 2. The molecule has 0 radical (unpaired) electrons. The molecule has 2 aromatic rings. The van der Waals surface area contributed by atoms with Crippen molar-refractivity contribution < 1.29 is 9.84 Å². The Bertz CT molecular complexity index is 702. The molecule has 2 nitrogen and oxygen atoms in total. The second-order valence-electron chi connectivity index (χ2n) is 6.88. The maximum Gasteiger partial charge on any atom is 0.123 e. The number of rotatable bonds is 2. The van der Waals surface area contributed by atoms with Gasteiger partial charge in [0.1, 0.15) is 5.75 Å². The van der Waals surface area contributed by atoms with Gasteiger partial charge in [-0.05, 0) is 35.2 Å². The molecular weight excluding hydrogens is 260 g/mol. The minimum atomic E-state index is -0.429. The van der Waals surface area contributed by atoms with Crippen molar-refractivity contribution in [1.29, 1.82) is 0 Å². The highest BCUT2D eigenvalue weighted by atomic mass is 16.5. The Hall–Kier alpha value is -1.80. The van der Waals surface area contributed by atoms with Gasteiger partial charge in [0, 0.05) is 16.9 Å². The summed E-state index contributed by atoms with van der Waals surface area (Å²) < 4.78 is 5.72. The van der Waals surface area contributed by atoms with Crippen molar-refractivity contribution in [1.82, 2.24) is 0 Å². The van der Waals surface area contributed by atoms with E-state index in [2.05, 4.69) is 44.2 Å². The summed E-state index contributed by atoms with van der Waals surface area (Å²) in [7, 11) is 0. The zero-order chi connectivity index (χ0) is 14.6. The van der Waals surface area contributed by atoms with E-state index >= 15 is 0 Å². The third-order valence-electron chi connectivity index (χ3n) is 4.94. The van der Waals surface area contributed by atoms with Gasteiger partial charge in [0.2, 0.25) is 0 Å². The summed E-state index contributed by atoms with van der Waals surface area (Å²) in [5.74, 6) is 1.19. The van der Waals surface area contributed by atoms with Crippen LogP contribution in [0.3, 0.4) is 0 Å². The maximum atomic E-state index is 10.7. The van der Waals surface area contributed by atoms with Crippen molar-refractivity contribution in [2.24, 2.45) is 0 Å². The molecule has 1 aliphatic carbocycles. The second-order valence-corrected chi connectivity index (χ2v) is 6.88. The Morgan fingerprint density at radius 2 is 2.00 bits per heavy atom. The van der Waals surface area contributed by atoms with E-state index in [4.69, 9.17) is 4.74 Å². The highest BCUT2D eigenvalue weighted by molar-refractivity contribution is 5.48. The summed E-state index contributed by atoms with van der Waals surface area (Å²) in [6.45, 7) is 5.09. The normalized spacial score (nSPS) is 22.7. The van der Waals surface area contributed by atoms with Gasteiger partial charge >= 0.3 is 0 Å². The molecule has 2 atom stereocenters. The van der Waals surface area contributed by atoms with Crippen LogP contribution < -0.4 is 4.74 Å². The molecule has 108 valence electrons. The summed E-state index contributed by atoms with van der Waals surface area (Å²) in [5, 5.41) is 10.7. The molecule has 0 amide bonds. The van der Waals surface area contributed by atoms with E-state index in [1.54, 1.807) is 0 Å². The molecule has 1 aliphatic heterocycles. The number of hydrogen-bond donors (Lipinski definition) is 1. The number of aliphatic hydroxyl groups is 1. The Kier molecular flexibility index (Phi) is 2.67. The van der Waals surface area contributed by atoms with Crippen LogP contribution in [0.15, 0.2) is 42.5 Å². The van der Waals surface area contributed by atoms with Crippen LogP contribution in [0.5, 0.6) is 5.75 Å². The second kappa shape index (κ2) is 4.35. The van der Waals surface area contributed by atoms with Crippen LogP contribution >= 0.6 is 0 Å².